The molecule has 5 atom stereocenters. The van der Waals surface area contributed by atoms with Gasteiger partial charge < -0.3 is 33.6 Å². The Morgan fingerprint density at radius 3 is 2.27 bits per heavy atom. The molecule has 198 valence electrons. The fourth-order valence-electron chi connectivity index (χ4n) is 3.78. The van der Waals surface area contributed by atoms with Gasteiger partial charge in [0.2, 0.25) is 0 Å². The number of rotatable bonds is 13. The van der Waals surface area contributed by atoms with Gasteiger partial charge in [-0.2, -0.15) is 0 Å². The van der Waals surface area contributed by atoms with Gasteiger partial charge in [0.05, 0.1) is 31.8 Å². The molecule has 0 radical (unpaired) electrons. The van der Waals surface area contributed by atoms with Crippen LogP contribution in [0.4, 0.5) is 0 Å². The van der Waals surface area contributed by atoms with Crippen molar-refractivity contribution < 1.29 is 43.2 Å². The van der Waals surface area contributed by atoms with Crippen LogP contribution in [0.5, 0.6) is 0 Å². The Balaban J connectivity index is 1.84. The molecule has 0 saturated carbocycles. The highest BCUT2D eigenvalue weighted by atomic mass is 16.7. The van der Waals surface area contributed by atoms with Crippen molar-refractivity contribution in [3.63, 3.8) is 0 Å². The summed E-state index contributed by atoms with van der Waals surface area (Å²) < 4.78 is 28.6. The summed E-state index contributed by atoms with van der Waals surface area (Å²) in [6, 6.07) is 17.7. The predicted octanol–water partition coefficient (Wildman–Crippen LogP) is 3.00. The number of benzene rings is 2. The van der Waals surface area contributed by atoms with Crippen LogP contribution in [-0.2, 0) is 39.9 Å². The Kier molecular flexibility index (Phi) is 11.0. The van der Waals surface area contributed by atoms with E-state index in [1.165, 1.54) is 13.0 Å². The molecule has 37 heavy (non-hydrogen) atoms. The van der Waals surface area contributed by atoms with Crippen molar-refractivity contribution in [2.45, 2.75) is 57.1 Å². The average Bonchev–Trinajstić information content (AvgIpc) is 2.90. The van der Waals surface area contributed by atoms with Crippen LogP contribution in [0.3, 0.4) is 0 Å². The molecular weight excluding hydrogens is 480 g/mol. The zero-order chi connectivity index (χ0) is 26.6. The lowest BCUT2D eigenvalue weighted by molar-refractivity contribution is -0.298. The van der Waals surface area contributed by atoms with Gasteiger partial charge in [0.25, 0.3) is 0 Å². The normalized spacial score (nSPS) is 23.1. The molecule has 9 nitrogen and oxygen atoms in total. The van der Waals surface area contributed by atoms with Crippen LogP contribution < -0.4 is 0 Å². The number of carbonyl (C=O) groups is 3. The minimum Gasteiger partial charge on any atom is -0.455 e. The van der Waals surface area contributed by atoms with Gasteiger partial charge >= 0.3 is 11.9 Å². The summed E-state index contributed by atoms with van der Waals surface area (Å²) in [5.41, 5.74) is 1.19. The number of carbonyl (C=O) groups excluding carboxylic acids is 3. The summed E-state index contributed by atoms with van der Waals surface area (Å²) in [6.07, 6.45) is -4.82. The molecule has 2 aromatic carbocycles. The van der Waals surface area contributed by atoms with Crippen molar-refractivity contribution in [3.05, 3.63) is 84.4 Å². The van der Waals surface area contributed by atoms with Crippen molar-refractivity contribution in [1.29, 1.82) is 0 Å². The number of aliphatic hydroxyl groups is 1. The third kappa shape index (κ3) is 8.61. The molecule has 1 heterocycles. The lowest BCUT2D eigenvalue weighted by atomic mass is 9.98. The van der Waals surface area contributed by atoms with E-state index in [1.54, 1.807) is 30.3 Å². The maximum absolute atomic E-state index is 13.0. The van der Waals surface area contributed by atoms with Gasteiger partial charge in [-0.1, -0.05) is 54.6 Å². The fourth-order valence-corrected chi connectivity index (χ4v) is 3.78. The Morgan fingerprint density at radius 2 is 1.62 bits per heavy atom. The molecule has 2 aromatic rings. The number of hydrogen-bond donors (Lipinski definition) is 1. The average molecular weight is 513 g/mol. The second kappa shape index (κ2) is 14.4. The van der Waals surface area contributed by atoms with Crippen molar-refractivity contribution in [1.82, 2.24) is 0 Å². The van der Waals surface area contributed by atoms with Crippen molar-refractivity contribution in [2.75, 3.05) is 13.2 Å². The van der Waals surface area contributed by atoms with Gasteiger partial charge in [0, 0.05) is 6.42 Å². The van der Waals surface area contributed by atoms with Crippen LogP contribution in [0.15, 0.2) is 73.3 Å². The largest absolute Gasteiger partial charge is 0.455 e. The van der Waals surface area contributed by atoms with Crippen LogP contribution in [-0.4, -0.2) is 66.7 Å². The van der Waals surface area contributed by atoms with Gasteiger partial charge in [-0.15, -0.1) is 6.58 Å². The molecule has 1 aliphatic rings. The van der Waals surface area contributed by atoms with Gasteiger partial charge in [-0.05, 0) is 24.6 Å². The third-order valence-electron chi connectivity index (χ3n) is 5.61. The van der Waals surface area contributed by atoms with E-state index in [-0.39, 0.29) is 44.0 Å². The van der Waals surface area contributed by atoms with Crippen molar-refractivity contribution >= 4 is 17.7 Å². The topological polar surface area (TPSA) is 118 Å². The van der Waals surface area contributed by atoms with Gasteiger partial charge in [0.15, 0.2) is 18.5 Å². The minimum absolute atomic E-state index is 0.0130. The highest BCUT2D eigenvalue weighted by Crippen LogP contribution is 2.29. The van der Waals surface area contributed by atoms with E-state index in [9.17, 15) is 19.5 Å². The van der Waals surface area contributed by atoms with Crippen LogP contribution in [0.1, 0.15) is 35.7 Å². The first-order valence-corrected chi connectivity index (χ1v) is 12.0. The number of Topliss-reactive ketones (excluding diaryl/α,β-unsaturated/α-hetero) is 1. The number of ketones is 1. The molecular formula is C28H32O9. The van der Waals surface area contributed by atoms with E-state index < -0.39 is 42.6 Å². The smallest absolute Gasteiger partial charge is 0.338 e. The van der Waals surface area contributed by atoms with Crippen LogP contribution in [0, 0.1) is 0 Å². The summed E-state index contributed by atoms with van der Waals surface area (Å²) in [7, 11) is 0. The van der Waals surface area contributed by atoms with Crippen LogP contribution >= 0.6 is 0 Å². The molecule has 0 aromatic heterocycles. The van der Waals surface area contributed by atoms with E-state index in [1.807, 2.05) is 30.3 Å². The summed E-state index contributed by atoms with van der Waals surface area (Å²) in [6.45, 7) is 5.15. The maximum Gasteiger partial charge on any atom is 0.338 e. The zero-order valence-corrected chi connectivity index (χ0v) is 20.7. The molecule has 1 N–H and O–H groups in total. The molecule has 3 rings (SSSR count). The molecule has 0 bridgehead atoms. The summed E-state index contributed by atoms with van der Waals surface area (Å²) in [5, 5.41) is 10.7. The van der Waals surface area contributed by atoms with E-state index in [0.29, 0.717) is 0 Å². The lowest BCUT2D eigenvalue weighted by Gasteiger charge is -2.43. The molecule has 0 amide bonds. The van der Waals surface area contributed by atoms with Crippen molar-refractivity contribution in [2.24, 2.45) is 0 Å². The molecule has 1 aliphatic heterocycles. The molecule has 0 spiro atoms. The first kappa shape index (κ1) is 28.2. The number of esters is 2. The molecule has 1 fully saturated rings. The highest BCUT2D eigenvalue weighted by molar-refractivity contribution is 5.89. The lowest BCUT2D eigenvalue weighted by Crippen LogP contribution is -2.62. The molecule has 0 aliphatic carbocycles. The quantitative estimate of drug-likeness (QED) is 0.319. The predicted molar refractivity (Wildman–Crippen MR) is 132 cm³/mol. The van der Waals surface area contributed by atoms with Gasteiger partial charge in [-0.3, -0.25) is 4.79 Å². The Hall–Kier alpha value is -3.37. The minimum atomic E-state index is -1.51. The van der Waals surface area contributed by atoms with Crippen LogP contribution in [0.25, 0.3) is 0 Å². The number of ether oxygens (including phenoxy) is 5. The van der Waals surface area contributed by atoms with E-state index in [0.717, 1.165) is 5.56 Å². The van der Waals surface area contributed by atoms with Crippen molar-refractivity contribution in [3.8, 4) is 0 Å². The van der Waals surface area contributed by atoms with E-state index in [4.69, 9.17) is 23.7 Å². The number of aliphatic hydroxyl groups excluding tert-OH is 1. The monoisotopic (exact) mass is 512 g/mol. The highest BCUT2D eigenvalue weighted by Gasteiger charge is 2.50. The maximum atomic E-state index is 13.0. The summed E-state index contributed by atoms with van der Waals surface area (Å²) in [5.74, 6) is -1.56. The second-order valence-electron chi connectivity index (χ2n) is 8.54. The third-order valence-corrected chi connectivity index (χ3v) is 5.61. The first-order chi connectivity index (χ1) is 17.9. The molecule has 9 heteroatoms. The molecule has 0 unspecified atom stereocenters. The summed E-state index contributed by atoms with van der Waals surface area (Å²) >= 11 is 0. The first-order valence-electron chi connectivity index (χ1n) is 12.0. The van der Waals surface area contributed by atoms with Gasteiger partial charge in [0.1, 0.15) is 18.0 Å². The Morgan fingerprint density at radius 1 is 0.946 bits per heavy atom. The second-order valence-corrected chi connectivity index (χ2v) is 8.54. The number of hydrogen-bond acceptors (Lipinski definition) is 9. The molecule has 1 saturated heterocycles. The Bertz CT molecular complexity index is 1020. The van der Waals surface area contributed by atoms with E-state index >= 15 is 0 Å². The fraction of sp³-hybridized carbons (Fsp3) is 0.393. The SMILES string of the molecule is C=CCO[C@@H]1[C@@H](OC(=O)CCC(C)=O)[C@H](OC(=O)c2ccccc2)[C@@H](COCc2ccccc2)O[C@@H]1O. The van der Waals surface area contributed by atoms with E-state index in [2.05, 4.69) is 6.58 Å². The van der Waals surface area contributed by atoms with Gasteiger partial charge in [-0.25, -0.2) is 4.79 Å². The summed E-state index contributed by atoms with van der Waals surface area (Å²) in [4.78, 5) is 36.9. The zero-order valence-electron chi connectivity index (χ0n) is 20.7. The Labute approximate surface area is 215 Å². The van der Waals surface area contributed by atoms with Crippen LogP contribution in [0.2, 0.25) is 0 Å². The standard InChI is InChI=1S/C28H32O9/c1-3-16-34-26-25(36-23(30)15-14-19(2)29)24(37-27(31)21-12-8-5-9-13-21)22(35-28(26)32)18-33-17-20-10-6-4-7-11-20/h3-13,22,24-26,28,32H,1,14-18H2,2H3/t22-,24-,25+,26-,28+/m1/s1.